The van der Waals surface area contributed by atoms with Crippen molar-refractivity contribution in [3.05, 3.63) is 97.2 Å². The zero-order valence-corrected chi connectivity index (χ0v) is 40.8. The molecular weight excluding hydrogens is 781 g/mol. The molecule has 63 heavy (non-hydrogen) atoms. The summed E-state index contributed by atoms with van der Waals surface area (Å²) in [5.74, 6) is -0.947. The van der Waals surface area contributed by atoms with Crippen LogP contribution in [0.4, 0.5) is 0 Å². The highest BCUT2D eigenvalue weighted by molar-refractivity contribution is 5.71. The molecule has 0 fully saturated rings. The monoisotopic (exact) mass is 875 g/mol. The van der Waals surface area contributed by atoms with Crippen molar-refractivity contribution >= 4 is 17.9 Å². The lowest BCUT2D eigenvalue weighted by Crippen LogP contribution is -2.30. The highest BCUT2D eigenvalue weighted by Gasteiger charge is 2.19. The molecule has 6 heteroatoms. The fraction of sp³-hybridized carbons (Fsp3) is 0.667. The van der Waals surface area contributed by atoms with Crippen molar-refractivity contribution in [3.63, 3.8) is 0 Å². The highest BCUT2D eigenvalue weighted by Crippen LogP contribution is 2.14. The van der Waals surface area contributed by atoms with Gasteiger partial charge in [0.2, 0.25) is 0 Å². The van der Waals surface area contributed by atoms with E-state index in [0.29, 0.717) is 19.3 Å². The maximum atomic E-state index is 12.8. The van der Waals surface area contributed by atoms with E-state index in [1.165, 1.54) is 116 Å². The summed E-state index contributed by atoms with van der Waals surface area (Å²) in [7, 11) is 0. The van der Waals surface area contributed by atoms with Crippen molar-refractivity contribution in [1.29, 1.82) is 0 Å². The molecule has 0 aromatic carbocycles. The molecule has 1 unspecified atom stereocenters. The average molecular weight is 875 g/mol. The second-order valence-electron chi connectivity index (χ2n) is 16.9. The fourth-order valence-corrected chi connectivity index (χ4v) is 6.89. The Kier molecular flexibility index (Phi) is 48.0. The molecule has 0 aromatic heterocycles. The van der Waals surface area contributed by atoms with Crippen molar-refractivity contribution in [1.82, 2.24) is 0 Å². The first-order valence-electron chi connectivity index (χ1n) is 25.8. The zero-order chi connectivity index (χ0) is 45.8. The molecule has 0 rings (SSSR count). The number of unbranched alkanes of at least 4 members (excludes halogenated alkanes) is 24. The smallest absolute Gasteiger partial charge is 0.306 e. The van der Waals surface area contributed by atoms with Crippen LogP contribution in [0.5, 0.6) is 0 Å². The van der Waals surface area contributed by atoms with Crippen molar-refractivity contribution in [3.8, 4) is 0 Å². The minimum Gasteiger partial charge on any atom is -0.462 e. The third kappa shape index (κ3) is 49.2. The van der Waals surface area contributed by atoms with Gasteiger partial charge in [-0.3, -0.25) is 14.4 Å². The van der Waals surface area contributed by atoms with E-state index in [9.17, 15) is 14.4 Å². The van der Waals surface area contributed by atoms with Crippen LogP contribution < -0.4 is 0 Å². The van der Waals surface area contributed by atoms with Crippen molar-refractivity contribution < 1.29 is 28.6 Å². The molecule has 0 bridgehead atoms. The van der Waals surface area contributed by atoms with Gasteiger partial charge in [-0.05, 0) is 64.2 Å². The molecule has 0 aliphatic rings. The van der Waals surface area contributed by atoms with Gasteiger partial charge in [-0.2, -0.15) is 0 Å². The number of rotatable bonds is 45. The zero-order valence-electron chi connectivity index (χ0n) is 40.8. The summed E-state index contributed by atoms with van der Waals surface area (Å²) in [5, 5.41) is 0. The molecule has 0 saturated carbocycles. The van der Waals surface area contributed by atoms with E-state index < -0.39 is 6.10 Å². The molecule has 0 N–H and O–H groups in total. The number of ether oxygens (including phenoxy) is 3. The summed E-state index contributed by atoms with van der Waals surface area (Å²) in [6.45, 7) is 6.42. The average Bonchev–Trinajstić information content (AvgIpc) is 3.28. The lowest BCUT2D eigenvalue weighted by molar-refractivity contribution is -0.167. The van der Waals surface area contributed by atoms with Crippen LogP contribution in [0.2, 0.25) is 0 Å². The molecule has 0 aliphatic carbocycles. The van der Waals surface area contributed by atoms with Crippen molar-refractivity contribution in [2.24, 2.45) is 0 Å². The first-order valence-corrected chi connectivity index (χ1v) is 25.8. The number of esters is 3. The minimum atomic E-state index is -0.797. The first-order chi connectivity index (χ1) is 31.0. The third-order valence-electron chi connectivity index (χ3n) is 10.8. The van der Waals surface area contributed by atoms with Crippen LogP contribution in [0, 0.1) is 0 Å². The van der Waals surface area contributed by atoms with Crippen LogP contribution in [0.25, 0.3) is 0 Å². The lowest BCUT2D eigenvalue weighted by Gasteiger charge is -2.18. The number of carbonyl (C=O) groups is 3. The predicted molar refractivity (Wildman–Crippen MR) is 270 cm³/mol. The minimum absolute atomic E-state index is 0.0935. The molecule has 0 radical (unpaired) electrons. The first kappa shape index (κ1) is 59.3. The van der Waals surface area contributed by atoms with Gasteiger partial charge in [0, 0.05) is 19.3 Å². The maximum Gasteiger partial charge on any atom is 0.306 e. The quantitative estimate of drug-likeness (QED) is 0.0199. The standard InChI is InChI=1S/C57H94O6/c1-4-7-10-13-16-19-22-24-26-27-28-29-31-32-35-38-41-44-47-50-56(59)62-53-54(52-61-55(58)49-46-43-40-37-34-21-18-15-12-9-6-3)63-57(60)51-48-45-42-39-36-33-30-25-23-20-17-14-11-8-5-2/h7,10,13,16,19-20,22-24,26-29,31-32,35,54H,4-6,8-9,11-12,14-15,17-18,21,25,30,33-34,36-53H2,1-3H3/b10-7-,16-13-,22-19-,23-20-,26-24-,28-27+,31-29-,35-32-. The van der Waals surface area contributed by atoms with Gasteiger partial charge in [0.15, 0.2) is 6.10 Å². The third-order valence-corrected chi connectivity index (χ3v) is 10.8. The molecule has 6 nitrogen and oxygen atoms in total. The van der Waals surface area contributed by atoms with Gasteiger partial charge in [0.1, 0.15) is 13.2 Å². The van der Waals surface area contributed by atoms with Crippen molar-refractivity contribution in [2.75, 3.05) is 13.2 Å². The van der Waals surface area contributed by atoms with Crippen LogP contribution in [0.3, 0.4) is 0 Å². The molecule has 1 atom stereocenters. The molecule has 0 saturated heterocycles. The van der Waals surface area contributed by atoms with Gasteiger partial charge >= 0.3 is 17.9 Å². The summed E-state index contributed by atoms with van der Waals surface area (Å²) in [5.41, 5.74) is 0. The summed E-state index contributed by atoms with van der Waals surface area (Å²) in [6, 6.07) is 0. The van der Waals surface area contributed by atoms with Gasteiger partial charge in [-0.25, -0.2) is 0 Å². The van der Waals surface area contributed by atoms with Gasteiger partial charge < -0.3 is 14.2 Å². The Bertz CT molecular complexity index is 1280. The summed E-state index contributed by atoms with van der Waals surface area (Å²) in [4.78, 5) is 37.9. The molecule has 0 aromatic rings. The lowest BCUT2D eigenvalue weighted by atomic mass is 10.1. The second-order valence-corrected chi connectivity index (χ2v) is 16.9. The van der Waals surface area contributed by atoms with Gasteiger partial charge in [0.05, 0.1) is 0 Å². The Labute approximate surface area is 387 Å². The molecule has 0 spiro atoms. The van der Waals surface area contributed by atoms with E-state index in [-0.39, 0.29) is 31.1 Å². The number of carbonyl (C=O) groups excluding carboxylic acids is 3. The number of hydrogen-bond donors (Lipinski definition) is 0. The van der Waals surface area contributed by atoms with E-state index in [4.69, 9.17) is 14.2 Å². The largest absolute Gasteiger partial charge is 0.462 e. The molecule has 358 valence electrons. The van der Waals surface area contributed by atoms with E-state index in [1.807, 2.05) is 72.9 Å². The summed E-state index contributed by atoms with van der Waals surface area (Å²) < 4.78 is 16.8. The summed E-state index contributed by atoms with van der Waals surface area (Å²) in [6.07, 6.45) is 66.7. The Morgan fingerprint density at radius 3 is 1.05 bits per heavy atom. The molecule has 0 aliphatic heterocycles. The Morgan fingerprint density at radius 1 is 0.333 bits per heavy atom. The molecule has 0 heterocycles. The highest BCUT2D eigenvalue weighted by atomic mass is 16.6. The van der Waals surface area contributed by atoms with Crippen LogP contribution in [-0.2, 0) is 28.6 Å². The van der Waals surface area contributed by atoms with Crippen LogP contribution in [0.15, 0.2) is 97.2 Å². The number of hydrogen-bond acceptors (Lipinski definition) is 6. The van der Waals surface area contributed by atoms with Crippen LogP contribution in [0.1, 0.15) is 226 Å². The number of allylic oxidation sites excluding steroid dienone is 16. The van der Waals surface area contributed by atoms with E-state index in [2.05, 4.69) is 45.1 Å². The maximum absolute atomic E-state index is 12.8. The fourth-order valence-electron chi connectivity index (χ4n) is 6.89. The second kappa shape index (κ2) is 51.0. The Hall–Kier alpha value is -3.67. The van der Waals surface area contributed by atoms with Gasteiger partial charge in [-0.1, -0.05) is 240 Å². The molecule has 0 amide bonds. The normalized spacial score (nSPS) is 12.9. The topological polar surface area (TPSA) is 78.9 Å². The SMILES string of the molecule is CC\C=C/C=C\C=C/C=C\C=C\C=C/C=C\CCCCCC(=O)OCC(COC(=O)CCCCCCCCCCCCC)OC(=O)CCCCCCCCC/C=C\CCCCCC. The van der Waals surface area contributed by atoms with E-state index >= 15 is 0 Å². The van der Waals surface area contributed by atoms with Gasteiger partial charge in [-0.15, -0.1) is 0 Å². The van der Waals surface area contributed by atoms with Gasteiger partial charge in [0.25, 0.3) is 0 Å². The van der Waals surface area contributed by atoms with E-state index in [0.717, 1.165) is 70.6 Å². The Balaban J connectivity index is 4.49. The van der Waals surface area contributed by atoms with E-state index in [1.54, 1.807) is 0 Å². The van der Waals surface area contributed by atoms with Crippen molar-refractivity contribution in [2.45, 2.75) is 232 Å². The predicted octanol–water partition coefficient (Wildman–Crippen LogP) is 17.0. The van der Waals surface area contributed by atoms with Crippen LogP contribution in [-0.4, -0.2) is 37.2 Å². The summed E-state index contributed by atoms with van der Waals surface area (Å²) >= 11 is 0. The van der Waals surface area contributed by atoms with Crippen LogP contribution >= 0.6 is 0 Å². The molecular formula is C57H94O6. The Morgan fingerprint density at radius 2 is 0.635 bits per heavy atom.